The Bertz CT molecular complexity index is 712. The first-order valence-corrected chi connectivity index (χ1v) is 7.90. The van der Waals surface area contributed by atoms with Gasteiger partial charge < -0.3 is 15.2 Å². The van der Waals surface area contributed by atoms with E-state index in [4.69, 9.17) is 4.74 Å². The molecule has 2 aromatic carbocycles. The van der Waals surface area contributed by atoms with Crippen LogP contribution in [0.15, 0.2) is 42.5 Å². The van der Waals surface area contributed by atoms with Crippen molar-refractivity contribution in [3.05, 3.63) is 64.7 Å². The summed E-state index contributed by atoms with van der Waals surface area (Å²) in [5.74, 6) is 0.493. The Morgan fingerprint density at radius 3 is 2.87 bits per heavy atom. The van der Waals surface area contributed by atoms with Crippen LogP contribution in [0.1, 0.15) is 39.6 Å². The lowest BCUT2D eigenvalue weighted by Crippen LogP contribution is -2.29. The smallest absolute Gasteiger partial charge is 0.251 e. The van der Waals surface area contributed by atoms with Gasteiger partial charge in [-0.15, -0.1) is 0 Å². The highest BCUT2D eigenvalue weighted by molar-refractivity contribution is 5.96. The number of fused-ring (bicyclic) bond motifs is 1. The van der Waals surface area contributed by atoms with Crippen LogP contribution < -0.4 is 10.1 Å². The van der Waals surface area contributed by atoms with Gasteiger partial charge in [-0.2, -0.15) is 0 Å². The fourth-order valence-corrected chi connectivity index (χ4v) is 3.17. The molecule has 0 saturated carbocycles. The van der Waals surface area contributed by atoms with Crippen molar-refractivity contribution < 1.29 is 14.6 Å². The summed E-state index contributed by atoms with van der Waals surface area (Å²) >= 11 is 0. The first-order chi connectivity index (χ1) is 11.2. The number of rotatable bonds is 5. The zero-order valence-electron chi connectivity index (χ0n) is 13.2. The monoisotopic (exact) mass is 311 g/mol. The number of carbonyl (C=O) groups is 1. The van der Waals surface area contributed by atoms with Gasteiger partial charge in [-0.1, -0.05) is 30.3 Å². The molecule has 120 valence electrons. The molecule has 1 aliphatic carbocycles. The van der Waals surface area contributed by atoms with E-state index in [1.54, 1.807) is 19.2 Å². The Labute approximate surface area is 136 Å². The van der Waals surface area contributed by atoms with Crippen molar-refractivity contribution >= 4 is 5.91 Å². The molecule has 0 saturated heterocycles. The second-order valence-corrected chi connectivity index (χ2v) is 5.76. The average molecular weight is 311 g/mol. The summed E-state index contributed by atoms with van der Waals surface area (Å²) in [6.07, 6.45) is 2.30. The number of benzene rings is 2. The third kappa shape index (κ3) is 3.22. The van der Waals surface area contributed by atoms with Gasteiger partial charge in [0.1, 0.15) is 5.75 Å². The van der Waals surface area contributed by atoms with Gasteiger partial charge in [-0.05, 0) is 42.5 Å². The first kappa shape index (κ1) is 15.6. The van der Waals surface area contributed by atoms with E-state index in [0.717, 1.165) is 30.4 Å². The largest absolute Gasteiger partial charge is 0.496 e. The lowest BCUT2D eigenvalue weighted by Gasteiger charge is -2.16. The van der Waals surface area contributed by atoms with Crippen molar-refractivity contribution in [3.63, 3.8) is 0 Å². The van der Waals surface area contributed by atoms with E-state index in [9.17, 15) is 9.90 Å². The Hall–Kier alpha value is -2.33. The number of amides is 1. The van der Waals surface area contributed by atoms with Crippen LogP contribution in [0.2, 0.25) is 0 Å². The molecule has 23 heavy (non-hydrogen) atoms. The van der Waals surface area contributed by atoms with Crippen LogP contribution in [-0.4, -0.2) is 24.7 Å². The van der Waals surface area contributed by atoms with Crippen LogP contribution in [0.5, 0.6) is 5.75 Å². The minimum Gasteiger partial charge on any atom is -0.496 e. The molecule has 2 N–H and O–H groups in total. The van der Waals surface area contributed by atoms with E-state index in [2.05, 4.69) is 11.4 Å². The van der Waals surface area contributed by atoms with Gasteiger partial charge in [0.25, 0.3) is 5.91 Å². The van der Waals surface area contributed by atoms with Crippen molar-refractivity contribution in [1.29, 1.82) is 0 Å². The van der Waals surface area contributed by atoms with E-state index in [1.807, 2.05) is 24.3 Å². The van der Waals surface area contributed by atoms with E-state index in [-0.39, 0.29) is 12.5 Å². The summed E-state index contributed by atoms with van der Waals surface area (Å²) in [7, 11) is 1.57. The Morgan fingerprint density at radius 2 is 2.04 bits per heavy atom. The molecule has 0 bridgehead atoms. The number of aliphatic hydroxyl groups is 1. The second-order valence-electron chi connectivity index (χ2n) is 5.76. The van der Waals surface area contributed by atoms with Gasteiger partial charge in [0, 0.05) is 17.7 Å². The molecule has 4 nitrogen and oxygen atoms in total. The molecule has 3 rings (SSSR count). The molecular formula is C19H21NO3. The molecule has 2 aromatic rings. The molecular weight excluding hydrogens is 290 g/mol. The van der Waals surface area contributed by atoms with Crippen molar-refractivity contribution in [2.24, 2.45) is 0 Å². The van der Waals surface area contributed by atoms with Crippen molar-refractivity contribution in [2.75, 3.05) is 13.7 Å². The highest BCUT2D eigenvalue weighted by atomic mass is 16.5. The topological polar surface area (TPSA) is 58.6 Å². The Balaban J connectivity index is 1.69. The molecule has 0 aliphatic heterocycles. The van der Waals surface area contributed by atoms with Crippen LogP contribution in [0.25, 0.3) is 0 Å². The van der Waals surface area contributed by atoms with Crippen LogP contribution in [0.3, 0.4) is 0 Å². The molecule has 0 spiro atoms. The normalized spacial score (nSPS) is 14.2. The van der Waals surface area contributed by atoms with Gasteiger partial charge in [-0.3, -0.25) is 4.79 Å². The fourth-order valence-electron chi connectivity index (χ4n) is 3.17. The van der Waals surface area contributed by atoms with E-state index in [0.29, 0.717) is 11.3 Å². The van der Waals surface area contributed by atoms with Gasteiger partial charge in [-0.25, -0.2) is 0 Å². The maximum atomic E-state index is 12.4. The molecule has 4 heteroatoms. The maximum absolute atomic E-state index is 12.4. The number of nitrogens with one attached hydrogen (secondary N) is 1. The van der Waals surface area contributed by atoms with Crippen LogP contribution in [0.4, 0.5) is 0 Å². The Kier molecular flexibility index (Phi) is 4.63. The molecule has 1 atom stereocenters. The highest BCUT2D eigenvalue weighted by Crippen LogP contribution is 2.26. The van der Waals surface area contributed by atoms with Gasteiger partial charge in [0.05, 0.1) is 13.2 Å². The number of ether oxygens (including phenoxy) is 1. The number of carbonyl (C=O) groups excluding carboxylic acids is 1. The van der Waals surface area contributed by atoms with E-state index in [1.165, 1.54) is 5.56 Å². The number of methoxy groups -OCH3 is 1. The van der Waals surface area contributed by atoms with Gasteiger partial charge in [0.15, 0.2) is 0 Å². The lowest BCUT2D eigenvalue weighted by atomic mass is 10.0. The van der Waals surface area contributed by atoms with Crippen molar-refractivity contribution in [3.8, 4) is 5.75 Å². The number of para-hydroxylation sites is 1. The molecule has 0 fully saturated rings. The summed E-state index contributed by atoms with van der Waals surface area (Å²) in [6.45, 7) is 0.156. The number of aliphatic hydroxyl groups excluding tert-OH is 1. The van der Waals surface area contributed by atoms with Crippen molar-refractivity contribution in [2.45, 2.75) is 25.4 Å². The Morgan fingerprint density at radius 1 is 1.22 bits per heavy atom. The molecule has 1 amide bonds. The summed E-state index contributed by atoms with van der Waals surface area (Å²) in [5.41, 5.74) is 3.82. The molecule has 0 aromatic heterocycles. The lowest BCUT2D eigenvalue weighted by molar-refractivity contribution is 0.0913. The van der Waals surface area contributed by atoms with Gasteiger partial charge >= 0.3 is 0 Å². The molecule has 0 radical (unpaired) electrons. The summed E-state index contributed by atoms with van der Waals surface area (Å²) in [6, 6.07) is 13.2. The first-order valence-electron chi connectivity index (χ1n) is 7.90. The summed E-state index contributed by atoms with van der Waals surface area (Å²) in [5, 5.41) is 13.2. The molecule has 0 heterocycles. The van der Waals surface area contributed by atoms with Crippen LogP contribution in [-0.2, 0) is 12.8 Å². The zero-order chi connectivity index (χ0) is 16.2. The molecule has 1 aliphatic rings. The average Bonchev–Trinajstić information content (AvgIpc) is 3.07. The van der Waals surface area contributed by atoms with Gasteiger partial charge in [0.2, 0.25) is 0 Å². The predicted molar refractivity (Wildman–Crippen MR) is 88.8 cm³/mol. The SMILES string of the molecule is COc1ccccc1[C@@H](O)CNC(=O)c1cccc2c1CCC2. The fraction of sp³-hybridized carbons (Fsp3) is 0.316. The number of hydrogen-bond acceptors (Lipinski definition) is 3. The second kappa shape index (κ2) is 6.84. The van der Waals surface area contributed by atoms with Crippen molar-refractivity contribution in [1.82, 2.24) is 5.32 Å². The summed E-state index contributed by atoms with van der Waals surface area (Å²) in [4.78, 5) is 12.4. The minimum atomic E-state index is -0.799. The minimum absolute atomic E-state index is 0.127. The van der Waals surface area contributed by atoms with E-state index < -0.39 is 6.10 Å². The molecule has 0 unspecified atom stereocenters. The third-order valence-electron chi connectivity index (χ3n) is 4.34. The van der Waals surface area contributed by atoms with Crippen LogP contribution >= 0.6 is 0 Å². The summed E-state index contributed by atoms with van der Waals surface area (Å²) < 4.78 is 5.25. The zero-order valence-corrected chi connectivity index (χ0v) is 13.2. The standard InChI is InChI=1S/C19H21NO3/c1-23-18-11-3-2-8-16(18)17(21)12-20-19(22)15-10-5-7-13-6-4-9-14(13)15/h2-3,5,7-8,10-11,17,21H,4,6,9,12H2,1H3,(H,20,22)/t17-/m0/s1. The number of hydrogen-bond donors (Lipinski definition) is 2. The number of aryl methyl sites for hydroxylation is 1. The third-order valence-corrected chi connectivity index (χ3v) is 4.34. The van der Waals surface area contributed by atoms with E-state index >= 15 is 0 Å². The predicted octanol–water partition coefficient (Wildman–Crippen LogP) is 2.65. The van der Waals surface area contributed by atoms with Crippen LogP contribution in [0, 0.1) is 0 Å². The highest BCUT2D eigenvalue weighted by Gasteiger charge is 2.20. The maximum Gasteiger partial charge on any atom is 0.251 e. The quantitative estimate of drug-likeness (QED) is 0.892.